The Balaban J connectivity index is 0.000000510. The lowest BCUT2D eigenvalue weighted by molar-refractivity contribution is 0.623. The lowest BCUT2D eigenvalue weighted by Crippen LogP contribution is -1.99. The third-order valence-corrected chi connectivity index (χ3v) is 2.75. The molecule has 0 radical (unpaired) electrons. The fourth-order valence-corrected chi connectivity index (χ4v) is 1.89. The molecule has 0 aliphatic heterocycles. The van der Waals surface area contributed by atoms with E-state index >= 15 is 0 Å². The van der Waals surface area contributed by atoms with Gasteiger partial charge in [-0.25, -0.2) is 0 Å². The molecule has 0 aliphatic rings. The highest BCUT2D eigenvalue weighted by atomic mass is 31.0. The van der Waals surface area contributed by atoms with Crippen LogP contribution in [0.15, 0.2) is 48.5 Å². The summed E-state index contributed by atoms with van der Waals surface area (Å²) < 4.78 is 5.21. The van der Waals surface area contributed by atoms with Crippen LogP contribution in [0.3, 0.4) is 0 Å². The van der Waals surface area contributed by atoms with Gasteiger partial charge >= 0.3 is 0 Å². The van der Waals surface area contributed by atoms with Crippen molar-refractivity contribution < 1.29 is 4.52 Å². The summed E-state index contributed by atoms with van der Waals surface area (Å²) in [6.45, 7) is 8.00. The largest absolute Gasteiger partial charge is 0.478 e. The lowest BCUT2D eigenvalue weighted by atomic mass is 10.3. The summed E-state index contributed by atoms with van der Waals surface area (Å²) in [6.07, 6.45) is 0. The SMILES string of the molecule is CC.CC.POc1ccccc1-n1nc2ccccc2n1. The number of benzene rings is 2. The predicted octanol–water partition coefficient (Wildman–Crippen LogP) is 4.64. The molecule has 1 aromatic heterocycles. The van der Waals surface area contributed by atoms with Gasteiger partial charge in [-0.2, -0.15) is 0 Å². The number of rotatable bonds is 2. The number of aromatic nitrogens is 3. The van der Waals surface area contributed by atoms with Crippen LogP contribution in [-0.2, 0) is 0 Å². The molecule has 0 N–H and O–H groups in total. The zero-order chi connectivity index (χ0) is 15.7. The maximum atomic E-state index is 5.21. The van der Waals surface area contributed by atoms with Crippen LogP contribution in [0.1, 0.15) is 27.7 Å². The molecule has 1 unspecified atom stereocenters. The Morgan fingerprint density at radius 2 is 1.29 bits per heavy atom. The van der Waals surface area contributed by atoms with Gasteiger partial charge in [-0.05, 0) is 24.3 Å². The average molecular weight is 303 g/mol. The van der Waals surface area contributed by atoms with E-state index in [4.69, 9.17) is 4.52 Å². The van der Waals surface area contributed by atoms with E-state index < -0.39 is 0 Å². The molecule has 0 saturated carbocycles. The minimum absolute atomic E-state index is 0.720. The molecular weight excluding hydrogens is 281 g/mol. The van der Waals surface area contributed by atoms with Crippen LogP contribution < -0.4 is 4.52 Å². The second-order valence-electron chi connectivity index (χ2n) is 3.56. The Bertz CT molecular complexity index is 634. The second kappa shape index (κ2) is 9.09. The Morgan fingerprint density at radius 1 is 0.810 bits per heavy atom. The molecule has 112 valence electrons. The molecule has 0 saturated heterocycles. The molecule has 0 amide bonds. The summed E-state index contributed by atoms with van der Waals surface area (Å²) in [6, 6.07) is 15.4. The maximum Gasteiger partial charge on any atom is 0.150 e. The van der Waals surface area contributed by atoms with Gasteiger partial charge < -0.3 is 4.52 Å². The van der Waals surface area contributed by atoms with Gasteiger partial charge in [-0.3, -0.25) is 0 Å². The fourth-order valence-electron chi connectivity index (χ4n) is 1.69. The smallest absolute Gasteiger partial charge is 0.150 e. The van der Waals surface area contributed by atoms with Crippen molar-refractivity contribution in [1.82, 2.24) is 15.0 Å². The van der Waals surface area contributed by atoms with Gasteiger partial charge in [0.1, 0.15) is 22.5 Å². The van der Waals surface area contributed by atoms with Crippen LogP contribution in [0.5, 0.6) is 5.75 Å². The molecule has 2 aromatic carbocycles. The summed E-state index contributed by atoms with van der Waals surface area (Å²) in [5.41, 5.74) is 2.55. The molecule has 0 spiro atoms. The minimum atomic E-state index is 0.720. The third kappa shape index (κ3) is 4.02. The van der Waals surface area contributed by atoms with Crippen molar-refractivity contribution in [1.29, 1.82) is 0 Å². The van der Waals surface area contributed by atoms with Crippen molar-refractivity contribution in [2.75, 3.05) is 0 Å². The highest BCUT2D eigenvalue weighted by molar-refractivity contribution is 7.10. The minimum Gasteiger partial charge on any atom is -0.478 e. The lowest BCUT2D eigenvalue weighted by Gasteiger charge is -2.05. The summed E-state index contributed by atoms with van der Waals surface area (Å²) in [5, 5.41) is 8.82. The van der Waals surface area contributed by atoms with Gasteiger partial charge in [0.25, 0.3) is 0 Å². The normalized spacial score (nSPS) is 9.19. The molecule has 1 atom stereocenters. The van der Waals surface area contributed by atoms with E-state index in [-0.39, 0.29) is 0 Å². The van der Waals surface area contributed by atoms with E-state index in [0.717, 1.165) is 22.5 Å². The first-order chi connectivity index (χ1) is 10.4. The van der Waals surface area contributed by atoms with Gasteiger partial charge in [-0.1, -0.05) is 52.0 Å². The number of hydrogen-bond acceptors (Lipinski definition) is 3. The molecule has 21 heavy (non-hydrogen) atoms. The Morgan fingerprint density at radius 3 is 1.81 bits per heavy atom. The molecule has 3 aromatic rings. The van der Waals surface area contributed by atoms with E-state index in [9.17, 15) is 0 Å². The number of fused-ring (bicyclic) bond motifs is 1. The number of para-hydroxylation sites is 2. The van der Waals surface area contributed by atoms with Crippen molar-refractivity contribution in [2.24, 2.45) is 0 Å². The van der Waals surface area contributed by atoms with Crippen molar-refractivity contribution in [3.8, 4) is 11.4 Å². The molecule has 1 heterocycles. The zero-order valence-electron chi connectivity index (χ0n) is 12.9. The molecule has 0 aliphatic carbocycles. The quantitative estimate of drug-likeness (QED) is 0.647. The van der Waals surface area contributed by atoms with Gasteiger partial charge in [0, 0.05) is 0 Å². The first-order valence-electron chi connectivity index (χ1n) is 7.17. The molecule has 0 fully saturated rings. The summed E-state index contributed by atoms with van der Waals surface area (Å²) in [4.78, 5) is 1.59. The summed E-state index contributed by atoms with van der Waals surface area (Å²) in [7, 11) is 2.24. The Labute approximate surface area is 128 Å². The summed E-state index contributed by atoms with van der Waals surface area (Å²) in [5.74, 6) is 0.720. The maximum absolute atomic E-state index is 5.21. The predicted molar refractivity (Wildman–Crippen MR) is 91.9 cm³/mol. The molecule has 0 bridgehead atoms. The van der Waals surface area contributed by atoms with Crippen molar-refractivity contribution >= 4 is 20.5 Å². The van der Waals surface area contributed by atoms with Crippen LogP contribution in [0.2, 0.25) is 0 Å². The number of hydrogen-bond donors (Lipinski definition) is 0. The highest BCUT2D eigenvalue weighted by Gasteiger charge is 2.08. The van der Waals surface area contributed by atoms with E-state index in [1.807, 2.05) is 76.2 Å². The third-order valence-electron chi connectivity index (χ3n) is 2.49. The highest BCUT2D eigenvalue weighted by Crippen LogP contribution is 2.23. The van der Waals surface area contributed by atoms with Crippen LogP contribution in [0, 0.1) is 0 Å². The first kappa shape index (κ1) is 17.1. The van der Waals surface area contributed by atoms with Gasteiger partial charge in [-0.15, -0.1) is 15.0 Å². The molecule has 3 rings (SSSR count). The molecular formula is C16H22N3OP. The van der Waals surface area contributed by atoms with Crippen LogP contribution in [0.25, 0.3) is 16.7 Å². The standard InChI is InChI=1S/C12H10N3OP.2C2H6/c17-16-12-8-4-3-7-11(12)15-13-9-5-1-2-6-10(9)14-15;2*1-2/h1-8H,17H2;2*1-2H3. The van der Waals surface area contributed by atoms with Crippen molar-refractivity contribution in [3.63, 3.8) is 0 Å². The van der Waals surface area contributed by atoms with Crippen LogP contribution in [0.4, 0.5) is 0 Å². The molecule has 4 nitrogen and oxygen atoms in total. The van der Waals surface area contributed by atoms with Crippen LogP contribution >= 0.6 is 9.47 Å². The van der Waals surface area contributed by atoms with E-state index in [1.54, 1.807) is 4.80 Å². The molecule has 5 heteroatoms. The fraction of sp³-hybridized carbons (Fsp3) is 0.250. The van der Waals surface area contributed by atoms with Gasteiger partial charge in [0.15, 0.2) is 0 Å². The second-order valence-corrected chi connectivity index (χ2v) is 3.80. The Kier molecular flexibility index (Phi) is 7.41. The van der Waals surface area contributed by atoms with Gasteiger partial charge in [0.2, 0.25) is 0 Å². The van der Waals surface area contributed by atoms with Crippen LogP contribution in [-0.4, -0.2) is 15.0 Å². The van der Waals surface area contributed by atoms with Crippen molar-refractivity contribution in [3.05, 3.63) is 48.5 Å². The van der Waals surface area contributed by atoms with E-state index in [2.05, 4.69) is 19.7 Å². The topological polar surface area (TPSA) is 39.9 Å². The van der Waals surface area contributed by atoms with Crippen molar-refractivity contribution in [2.45, 2.75) is 27.7 Å². The Hall–Kier alpha value is -1.93. The monoisotopic (exact) mass is 303 g/mol. The van der Waals surface area contributed by atoms with E-state index in [0.29, 0.717) is 0 Å². The number of nitrogens with zero attached hydrogens (tertiary/aromatic N) is 3. The van der Waals surface area contributed by atoms with E-state index in [1.165, 1.54) is 0 Å². The van der Waals surface area contributed by atoms with Gasteiger partial charge in [0.05, 0.1) is 9.47 Å². The summed E-state index contributed by atoms with van der Waals surface area (Å²) >= 11 is 0. The average Bonchev–Trinajstić information content (AvgIpc) is 3.02. The zero-order valence-corrected chi connectivity index (χ0v) is 14.1. The first-order valence-corrected chi connectivity index (χ1v) is 7.64.